The van der Waals surface area contributed by atoms with Gasteiger partial charge in [0.25, 0.3) is 5.91 Å². The molecule has 0 aliphatic carbocycles. The Morgan fingerprint density at radius 2 is 2.14 bits per heavy atom. The molecule has 0 aliphatic heterocycles. The predicted octanol–water partition coefficient (Wildman–Crippen LogP) is 2.12. The van der Waals surface area contributed by atoms with Crippen molar-refractivity contribution < 1.29 is 14.0 Å². The van der Waals surface area contributed by atoms with Crippen LogP contribution >= 0.6 is 23.1 Å². The highest BCUT2D eigenvalue weighted by atomic mass is 32.2. The van der Waals surface area contributed by atoms with E-state index in [0.717, 1.165) is 11.5 Å². The Labute approximate surface area is 131 Å². The average Bonchev–Trinajstić information content (AvgIpc) is 3.17. The monoisotopic (exact) mass is 324 g/mol. The van der Waals surface area contributed by atoms with Crippen LogP contribution in [-0.2, 0) is 10.5 Å². The molecule has 0 atom stereocenters. The van der Waals surface area contributed by atoms with E-state index in [1.807, 2.05) is 6.07 Å². The van der Waals surface area contributed by atoms with Crippen LogP contribution in [-0.4, -0.2) is 30.7 Å². The molecule has 0 spiro atoms. The summed E-state index contributed by atoms with van der Waals surface area (Å²) in [7, 11) is 0. The Morgan fingerprint density at radius 1 is 1.24 bits per heavy atom. The van der Waals surface area contributed by atoms with E-state index in [4.69, 9.17) is 4.42 Å². The average molecular weight is 324 g/mol. The number of thioether (sulfide) groups is 1. The number of thiophene rings is 1. The molecule has 0 saturated carbocycles. The number of furan rings is 1. The molecule has 2 rings (SSSR count). The van der Waals surface area contributed by atoms with Crippen LogP contribution in [0, 0.1) is 0 Å². The van der Waals surface area contributed by atoms with Crippen molar-refractivity contribution in [3.63, 3.8) is 0 Å². The highest BCUT2D eigenvalue weighted by Crippen LogP contribution is 2.16. The van der Waals surface area contributed by atoms with E-state index in [2.05, 4.69) is 22.1 Å². The first-order valence-electron chi connectivity index (χ1n) is 6.44. The van der Waals surface area contributed by atoms with Crippen molar-refractivity contribution in [1.29, 1.82) is 0 Å². The normalized spacial score (nSPS) is 10.3. The fourth-order valence-corrected chi connectivity index (χ4v) is 3.25. The van der Waals surface area contributed by atoms with Gasteiger partial charge in [-0.05, 0) is 23.6 Å². The second-order valence-corrected chi connectivity index (χ2v) is 6.28. The zero-order valence-electron chi connectivity index (χ0n) is 11.3. The molecule has 7 heteroatoms. The largest absolute Gasteiger partial charge is 0.459 e. The zero-order chi connectivity index (χ0) is 14.9. The van der Waals surface area contributed by atoms with Gasteiger partial charge in [-0.1, -0.05) is 6.07 Å². The van der Waals surface area contributed by atoms with Crippen molar-refractivity contribution >= 4 is 34.9 Å². The summed E-state index contributed by atoms with van der Waals surface area (Å²) < 4.78 is 4.93. The quantitative estimate of drug-likeness (QED) is 0.730. The molecular weight excluding hydrogens is 308 g/mol. The molecule has 0 unspecified atom stereocenters. The summed E-state index contributed by atoms with van der Waals surface area (Å²) in [6, 6.07) is 7.30. The molecule has 0 radical (unpaired) electrons. The molecule has 2 aromatic rings. The third-order valence-corrected chi connectivity index (χ3v) is 4.61. The zero-order valence-corrected chi connectivity index (χ0v) is 13.0. The third kappa shape index (κ3) is 5.65. The predicted molar refractivity (Wildman–Crippen MR) is 84.5 cm³/mol. The summed E-state index contributed by atoms with van der Waals surface area (Å²) in [5.74, 6) is 1.42. The minimum Gasteiger partial charge on any atom is -0.459 e. The number of nitrogens with one attached hydrogen (secondary N) is 2. The lowest BCUT2D eigenvalue weighted by molar-refractivity contribution is -0.120. The maximum Gasteiger partial charge on any atom is 0.287 e. The highest BCUT2D eigenvalue weighted by Gasteiger charge is 2.09. The van der Waals surface area contributed by atoms with Crippen LogP contribution in [0.5, 0.6) is 0 Å². The molecular formula is C14H16N2O3S2. The summed E-state index contributed by atoms with van der Waals surface area (Å²) in [6.07, 6.45) is 1.42. The number of hydrogen-bond acceptors (Lipinski definition) is 5. The summed E-state index contributed by atoms with van der Waals surface area (Å²) in [4.78, 5) is 24.4. The first kappa shape index (κ1) is 15.7. The van der Waals surface area contributed by atoms with Gasteiger partial charge in [0.1, 0.15) is 0 Å². The van der Waals surface area contributed by atoms with Gasteiger partial charge in [0, 0.05) is 22.9 Å². The molecule has 0 fully saturated rings. The van der Waals surface area contributed by atoms with Crippen LogP contribution in [0.15, 0.2) is 40.3 Å². The Bertz CT molecular complexity index is 553. The van der Waals surface area contributed by atoms with Gasteiger partial charge in [-0.25, -0.2) is 0 Å². The van der Waals surface area contributed by atoms with E-state index in [0.29, 0.717) is 6.54 Å². The molecule has 112 valence electrons. The van der Waals surface area contributed by atoms with E-state index in [9.17, 15) is 9.59 Å². The number of carbonyl (C=O) groups excluding carboxylic acids is 2. The van der Waals surface area contributed by atoms with Crippen LogP contribution in [0.4, 0.5) is 0 Å². The van der Waals surface area contributed by atoms with E-state index < -0.39 is 0 Å². The van der Waals surface area contributed by atoms with Gasteiger partial charge in [0.05, 0.1) is 12.8 Å². The molecule has 21 heavy (non-hydrogen) atoms. The first-order chi connectivity index (χ1) is 10.3. The maximum atomic E-state index is 11.5. The molecule has 5 nitrogen and oxygen atoms in total. The third-order valence-electron chi connectivity index (χ3n) is 2.55. The highest BCUT2D eigenvalue weighted by molar-refractivity contribution is 7.98. The smallest absolute Gasteiger partial charge is 0.287 e. The number of carbonyl (C=O) groups is 2. The second kappa shape index (κ2) is 8.53. The lowest BCUT2D eigenvalue weighted by Gasteiger charge is -2.05. The molecule has 0 saturated heterocycles. The molecule has 2 aromatic heterocycles. The SMILES string of the molecule is O=C(CNC(=O)c1ccco1)NCCSCc1cccs1. The topological polar surface area (TPSA) is 71.3 Å². The van der Waals surface area contributed by atoms with Gasteiger partial charge >= 0.3 is 0 Å². The van der Waals surface area contributed by atoms with Crippen LogP contribution in [0.1, 0.15) is 15.4 Å². The van der Waals surface area contributed by atoms with Crippen LogP contribution in [0.25, 0.3) is 0 Å². The number of hydrogen-bond donors (Lipinski definition) is 2. The van der Waals surface area contributed by atoms with Gasteiger partial charge in [-0.3, -0.25) is 9.59 Å². The van der Waals surface area contributed by atoms with Crippen molar-refractivity contribution in [3.8, 4) is 0 Å². The maximum absolute atomic E-state index is 11.5. The van der Waals surface area contributed by atoms with E-state index >= 15 is 0 Å². The van der Waals surface area contributed by atoms with Crippen molar-refractivity contribution in [1.82, 2.24) is 10.6 Å². The fourth-order valence-electron chi connectivity index (χ4n) is 1.55. The van der Waals surface area contributed by atoms with Crippen LogP contribution in [0.2, 0.25) is 0 Å². The Morgan fingerprint density at radius 3 is 2.86 bits per heavy atom. The molecule has 0 aliphatic rings. The minimum atomic E-state index is -0.387. The number of amides is 2. The van der Waals surface area contributed by atoms with Gasteiger partial charge in [-0.2, -0.15) is 11.8 Å². The fraction of sp³-hybridized carbons (Fsp3) is 0.286. The second-order valence-electron chi connectivity index (χ2n) is 4.14. The van der Waals surface area contributed by atoms with Gasteiger partial charge in [0.15, 0.2) is 5.76 Å². The van der Waals surface area contributed by atoms with Crippen molar-refractivity contribution in [2.45, 2.75) is 5.75 Å². The van der Waals surface area contributed by atoms with E-state index in [1.165, 1.54) is 11.1 Å². The van der Waals surface area contributed by atoms with Crippen LogP contribution in [0.3, 0.4) is 0 Å². The summed E-state index contributed by atoms with van der Waals surface area (Å²) in [5, 5.41) is 7.31. The van der Waals surface area contributed by atoms with Crippen LogP contribution < -0.4 is 10.6 Å². The molecule has 0 bridgehead atoms. The lowest BCUT2D eigenvalue weighted by Crippen LogP contribution is -2.37. The Hall–Kier alpha value is -1.73. The lowest BCUT2D eigenvalue weighted by atomic mass is 10.4. The van der Waals surface area contributed by atoms with Crippen molar-refractivity contribution in [2.24, 2.45) is 0 Å². The molecule has 2 amide bonds. The van der Waals surface area contributed by atoms with Gasteiger partial charge in [0.2, 0.25) is 5.91 Å². The van der Waals surface area contributed by atoms with Gasteiger partial charge < -0.3 is 15.1 Å². The Kier molecular flexibility index (Phi) is 6.36. The molecule has 2 heterocycles. The van der Waals surface area contributed by atoms with Gasteiger partial charge in [-0.15, -0.1) is 11.3 Å². The number of rotatable bonds is 8. The Balaban J connectivity index is 1.52. The summed E-state index contributed by atoms with van der Waals surface area (Å²) >= 11 is 3.50. The van der Waals surface area contributed by atoms with Crippen molar-refractivity contribution in [2.75, 3.05) is 18.8 Å². The molecule has 2 N–H and O–H groups in total. The molecule has 0 aromatic carbocycles. The first-order valence-corrected chi connectivity index (χ1v) is 8.47. The minimum absolute atomic E-state index is 0.0465. The summed E-state index contributed by atoms with van der Waals surface area (Å²) in [6.45, 7) is 0.542. The van der Waals surface area contributed by atoms with E-state index in [-0.39, 0.29) is 24.1 Å². The summed E-state index contributed by atoms with van der Waals surface area (Å²) in [5.41, 5.74) is 0. The standard InChI is InChI=1S/C14H16N2O3S2/c17-13(9-16-14(18)12-4-1-6-19-12)15-5-8-20-10-11-3-2-7-21-11/h1-4,6-7H,5,8-10H2,(H,15,17)(H,16,18). The van der Waals surface area contributed by atoms with Crippen molar-refractivity contribution in [3.05, 3.63) is 46.5 Å². The van der Waals surface area contributed by atoms with E-state index in [1.54, 1.807) is 35.2 Å².